The molecular formula is C24H15Cl3N2O4. The monoisotopic (exact) mass is 500 g/mol. The predicted octanol–water partition coefficient (Wildman–Crippen LogP) is 5.85. The number of nitrogens with two attached hydrogens (primary N) is 1. The molecule has 1 unspecified atom stereocenters. The van der Waals surface area contributed by atoms with E-state index in [-0.39, 0.29) is 23.8 Å². The number of hydrogen-bond donors (Lipinski definition) is 1. The predicted molar refractivity (Wildman–Crippen MR) is 125 cm³/mol. The van der Waals surface area contributed by atoms with Gasteiger partial charge in [0.25, 0.3) is 0 Å². The van der Waals surface area contributed by atoms with Gasteiger partial charge in [-0.15, -0.1) is 0 Å². The minimum atomic E-state index is -0.641. The Balaban J connectivity index is 1.58. The van der Waals surface area contributed by atoms with Crippen LogP contribution in [0.2, 0.25) is 15.1 Å². The molecule has 3 aromatic rings. The standard InChI is InChI=1S/C24H15Cl3N2O4/c25-13-4-6-14(7-5-13)31-12-21(30)32-15-8-9-16-20(10-15)33-24(29)17(11-28)22(16)23-18(26)2-1-3-19(23)27/h1-10,22H,12,29H2. The van der Waals surface area contributed by atoms with E-state index in [0.29, 0.717) is 37.7 Å². The molecule has 0 saturated carbocycles. The van der Waals surface area contributed by atoms with Crippen LogP contribution in [0.4, 0.5) is 0 Å². The van der Waals surface area contributed by atoms with Crippen molar-refractivity contribution in [2.24, 2.45) is 5.73 Å². The molecule has 6 nitrogen and oxygen atoms in total. The van der Waals surface area contributed by atoms with E-state index in [9.17, 15) is 10.1 Å². The van der Waals surface area contributed by atoms with Crippen molar-refractivity contribution in [3.05, 3.63) is 98.3 Å². The molecule has 1 aliphatic rings. The summed E-state index contributed by atoms with van der Waals surface area (Å²) >= 11 is 18.6. The zero-order valence-corrected chi connectivity index (χ0v) is 19.1. The van der Waals surface area contributed by atoms with Crippen LogP contribution < -0.4 is 19.9 Å². The molecule has 0 fully saturated rings. The van der Waals surface area contributed by atoms with Crippen LogP contribution in [0.25, 0.3) is 0 Å². The van der Waals surface area contributed by atoms with Crippen molar-refractivity contribution in [1.82, 2.24) is 0 Å². The molecule has 1 atom stereocenters. The Kier molecular flexibility index (Phi) is 6.66. The molecular weight excluding hydrogens is 487 g/mol. The van der Waals surface area contributed by atoms with Crippen LogP contribution in [-0.4, -0.2) is 12.6 Å². The molecule has 0 aliphatic carbocycles. The number of rotatable bonds is 5. The summed E-state index contributed by atoms with van der Waals surface area (Å²) in [6, 6.07) is 18.5. The van der Waals surface area contributed by atoms with Gasteiger partial charge in [-0.2, -0.15) is 5.26 Å². The number of carbonyl (C=O) groups excluding carboxylic acids is 1. The van der Waals surface area contributed by atoms with Crippen molar-refractivity contribution in [2.75, 3.05) is 6.61 Å². The van der Waals surface area contributed by atoms with E-state index in [2.05, 4.69) is 6.07 Å². The summed E-state index contributed by atoms with van der Waals surface area (Å²) < 4.78 is 16.4. The van der Waals surface area contributed by atoms with Gasteiger partial charge in [0.15, 0.2) is 6.61 Å². The van der Waals surface area contributed by atoms with Crippen LogP contribution in [0.1, 0.15) is 17.0 Å². The number of nitrogens with zero attached hydrogens (tertiary/aromatic N) is 1. The molecule has 0 radical (unpaired) electrons. The molecule has 33 heavy (non-hydrogen) atoms. The van der Waals surface area contributed by atoms with E-state index in [1.54, 1.807) is 54.6 Å². The average Bonchev–Trinajstić information content (AvgIpc) is 2.78. The van der Waals surface area contributed by atoms with Gasteiger partial charge in [0.2, 0.25) is 5.88 Å². The number of allylic oxidation sites excluding steroid dienone is 1. The average molecular weight is 502 g/mol. The van der Waals surface area contributed by atoms with Crippen LogP contribution in [0.3, 0.4) is 0 Å². The summed E-state index contributed by atoms with van der Waals surface area (Å²) in [5, 5.41) is 11.0. The fourth-order valence-electron chi connectivity index (χ4n) is 3.42. The highest BCUT2D eigenvalue weighted by Gasteiger charge is 2.33. The van der Waals surface area contributed by atoms with Crippen molar-refractivity contribution < 1.29 is 19.0 Å². The maximum atomic E-state index is 12.2. The Hall–Kier alpha value is -3.37. The summed E-state index contributed by atoms with van der Waals surface area (Å²) in [5.41, 5.74) is 7.34. The summed E-state index contributed by atoms with van der Waals surface area (Å²) in [6.45, 7) is -0.307. The zero-order valence-electron chi connectivity index (χ0n) is 16.8. The van der Waals surface area contributed by atoms with Crippen molar-refractivity contribution in [3.8, 4) is 23.3 Å². The molecule has 0 amide bonds. The first-order chi connectivity index (χ1) is 15.9. The fraction of sp³-hybridized carbons (Fsp3) is 0.0833. The topological polar surface area (TPSA) is 94.6 Å². The number of nitriles is 1. The molecule has 0 bridgehead atoms. The first-order valence-corrected chi connectivity index (χ1v) is 10.7. The quantitative estimate of drug-likeness (QED) is 0.348. The highest BCUT2D eigenvalue weighted by molar-refractivity contribution is 6.36. The molecule has 1 aliphatic heterocycles. The van der Waals surface area contributed by atoms with Crippen molar-refractivity contribution in [1.29, 1.82) is 5.26 Å². The number of ether oxygens (including phenoxy) is 3. The summed E-state index contributed by atoms with van der Waals surface area (Å²) in [6.07, 6.45) is 0. The molecule has 0 spiro atoms. The first kappa shape index (κ1) is 22.8. The normalized spacial score (nSPS) is 14.7. The van der Waals surface area contributed by atoms with Gasteiger partial charge in [-0.1, -0.05) is 46.9 Å². The maximum Gasteiger partial charge on any atom is 0.349 e. The van der Waals surface area contributed by atoms with Gasteiger partial charge in [0.05, 0.1) is 5.92 Å². The second-order valence-electron chi connectivity index (χ2n) is 6.98. The van der Waals surface area contributed by atoms with Crippen LogP contribution in [0.15, 0.2) is 72.1 Å². The Morgan fingerprint density at radius 1 is 1.03 bits per heavy atom. The Morgan fingerprint density at radius 3 is 2.36 bits per heavy atom. The van der Waals surface area contributed by atoms with Gasteiger partial charge in [-0.3, -0.25) is 0 Å². The Labute approximate surface area is 204 Å². The van der Waals surface area contributed by atoms with Crippen LogP contribution in [0.5, 0.6) is 17.2 Å². The second kappa shape index (κ2) is 9.63. The lowest BCUT2D eigenvalue weighted by Gasteiger charge is -2.27. The molecule has 9 heteroatoms. The Morgan fingerprint density at radius 2 is 1.70 bits per heavy atom. The van der Waals surface area contributed by atoms with Crippen LogP contribution in [0, 0.1) is 11.3 Å². The van der Waals surface area contributed by atoms with Gasteiger partial charge in [0.1, 0.15) is 28.9 Å². The number of benzene rings is 3. The molecule has 166 valence electrons. The maximum absolute atomic E-state index is 12.2. The summed E-state index contributed by atoms with van der Waals surface area (Å²) in [7, 11) is 0. The number of hydrogen-bond acceptors (Lipinski definition) is 6. The molecule has 1 heterocycles. The third-order valence-corrected chi connectivity index (χ3v) is 5.79. The highest BCUT2D eigenvalue weighted by atomic mass is 35.5. The van der Waals surface area contributed by atoms with Gasteiger partial charge < -0.3 is 19.9 Å². The van der Waals surface area contributed by atoms with Gasteiger partial charge >= 0.3 is 5.97 Å². The van der Waals surface area contributed by atoms with Gasteiger partial charge in [-0.25, -0.2) is 4.79 Å². The van der Waals surface area contributed by atoms with Crippen LogP contribution >= 0.6 is 34.8 Å². The number of halogens is 3. The third kappa shape index (κ3) is 4.86. The van der Waals surface area contributed by atoms with E-state index in [1.807, 2.05) is 0 Å². The zero-order chi connectivity index (χ0) is 23.5. The van der Waals surface area contributed by atoms with E-state index in [0.717, 1.165) is 0 Å². The van der Waals surface area contributed by atoms with Crippen molar-refractivity contribution in [2.45, 2.75) is 5.92 Å². The summed E-state index contributed by atoms with van der Waals surface area (Å²) in [5.74, 6) is -0.329. The van der Waals surface area contributed by atoms with Gasteiger partial charge in [-0.05, 0) is 42.5 Å². The van der Waals surface area contributed by atoms with Crippen molar-refractivity contribution in [3.63, 3.8) is 0 Å². The van der Waals surface area contributed by atoms with E-state index in [4.69, 9.17) is 54.7 Å². The molecule has 2 N–H and O–H groups in total. The SMILES string of the molecule is N#CC1=C(N)Oc2cc(OC(=O)COc3ccc(Cl)cc3)ccc2C1c1c(Cl)cccc1Cl. The van der Waals surface area contributed by atoms with Crippen molar-refractivity contribution >= 4 is 40.8 Å². The highest BCUT2D eigenvalue weighted by Crippen LogP contribution is 2.47. The third-order valence-electron chi connectivity index (χ3n) is 4.88. The molecule has 0 saturated heterocycles. The smallest absolute Gasteiger partial charge is 0.349 e. The number of carbonyl (C=O) groups is 1. The lowest BCUT2D eigenvalue weighted by Crippen LogP contribution is -2.22. The fourth-order valence-corrected chi connectivity index (χ4v) is 4.16. The molecule has 4 rings (SSSR count). The number of esters is 1. The van der Waals surface area contributed by atoms with Crippen LogP contribution in [-0.2, 0) is 4.79 Å². The van der Waals surface area contributed by atoms with E-state index in [1.165, 1.54) is 6.07 Å². The lowest BCUT2D eigenvalue weighted by atomic mass is 9.83. The molecule has 0 aromatic heterocycles. The minimum Gasteiger partial charge on any atom is -0.482 e. The largest absolute Gasteiger partial charge is 0.482 e. The first-order valence-electron chi connectivity index (χ1n) is 9.62. The second-order valence-corrected chi connectivity index (χ2v) is 8.23. The van der Waals surface area contributed by atoms with E-state index < -0.39 is 11.9 Å². The Bertz CT molecular complexity index is 1280. The summed E-state index contributed by atoms with van der Waals surface area (Å²) in [4.78, 5) is 12.2. The molecule has 3 aromatic carbocycles. The number of fused-ring (bicyclic) bond motifs is 1. The van der Waals surface area contributed by atoms with E-state index >= 15 is 0 Å². The lowest BCUT2D eigenvalue weighted by molar-refractivity contribution is -0.136. The minimum absolute atomic E-state index is 0.0828. The van der Waals surface area contributed by atoms with Gasteiger partial charge in [0, 0.05) is 32.3 Å².